The summed E-state index contributed by atoms with van der Waals surface area (Å²) in [5.74, 6) is -3.12. The zero-order valence-corrected chi connectivity index (χ0v) is 18.4. The van der Waals surface area contributed by atoms with E-state index in [1.807, 2.05) is 12.1 Å². The molecule has 8 nitrogen and oxygen atoms in total. The van der Waals surface area contributed by atoms with E-state index in [1.165, 1.54) is 12.1 Å². The number of carbonyl (C=O) groups is 1. The second-order valence-corrected chi connectivity index (χ2v) is 9.39. The molecule has 3 atom stereocenters. The van der Waals surface area contributed by atoms with E-state index in [0.717, 1.165) is 21.2 Å². The van der Waals surface area contributed by atoms with Crippen molar-refractivity contribution in [3.8, 4) is 10.6 Å². The molecule has 13 heteroatoms. The van der Waals surface area contributed by atoms with Crippen LogP contribution in [0.3, 0.4) is 0 Å². The summed E-state index contributed by atoms with van der Waals surface area (Å²) < 4.78 is 65.9. The molecule has 1 aromatic carbocycles. The number of nitrogens with zero attached hydrogens (tertiary/aromatic N) is 2. The molecular weight excluding hydrogens is 483 g/mol. The minimum atomic E-state index is -4.71. The molecule has 1 aliphatic carbocycles. The van der Waals surface area contributed by atoms with E-state index in [2.05, 4.69) is 9.68 Å². The van der Waals surface area contributed by atoms with E-state index in [1.54, 1.807) is 12.1 Å². The average Bonchev–Trinajstić information content (AvgIpc) is 3.08. The lowest BCUT2D eigenvalue weighted by Gasteiger charge is -2.26. The first-order valence-corrected chi connectivity index (χ1v) is 11.5. The largest absolute Gasteiger partial charge is 0.479 e. The van der Waals surface area contributed by atoms with Crippen molar-refractivity contribution in [2.24, 2.45) is 5.73 Å². The number of hydrogen-bond acceptors (Lipinski definition) is 6. The van der Waals surface area contributed by atoms with Crippen molar-refractivity contribution >= 4 is 33.6 Å². The second-order valence-electron chi connectivity index (χ2n) is 7.50. The first-order chi connectivity index (χ1) is 15.6. The van der Waals surface area contributed by atoms with Gasteiger partial charge < -0.3 is 15.4 Å². The van der Waals surface area contributed by atoms with Crippen molar-refractivity contribution in [2.75, 3.05) is 10.8 Å². The van der Waals surface area contributed by atoms with E-state index < -0.39 is 40.6 Å². The molecule has 4 rings (SSSR count). The molecular formula is C20H18F3N3O5S2. The topological polar surface area (TPSA) is 130 Å². The van der Waals surface area contributed by atoms with E-state index in [4.69, 9.17) is 5.73 Å². The number of carboxylic acid groups (broad SMARTS) is 1. The molecule has 3 unspecified atom stereocenters. The molecule has 0 saturated heterocycles. The molecule has 33 heavy (non-hydrogen) atoms. The summed E-state index contributed by atoms with van der Waals surface area (Å²) in [4.78, 5) is 12.5. The Morgan fingerprint density at radius 2 is 2.00 bits per heavy atom. The van der Waals surface area contributed by atoms with Crippen LogP contribution in [0.15, 0.2) is 47.0 Å². The fraction of sp³-hybridized carbons (Fsp3) is 0.300. The van der Waals surface area contributed by atoms with Crippen molar-refractivity contribution in [3.63, 3.8) is 0 Å². The van der Waals surface area contributed by atoms with Gasteiger partial charge in [0.25, 0.3) is 11.3 Å². The first kappa shape index (κ1) is 23.4. The number of anilines is 1. The van der Waals surface area contributed by atoms with Gasteiger partial charge in [0.2, 0.25) is 5.76 Å². The van der Waals surface area contributed by atoms with Gasteiger partial charge in [-0.15, -0.1) is 11.3 Å². The summed E-state index contributed by atoms with van der Waals surface area (Å²) in [6.07, 6.45) is -3.96. The molecule has 0 amide bonds. The monoisotopic (exact) mass is 501 g/mol. The third-order valence-electron chi connectivity index (χ3n) is 5.47. The summed E-state index contributed by atoms with van der Waals surface area (Å²) >= 11 is -1.87. The number of carboxylic acids is 1. The highest BCUT2D eigenvalue weighted by Gasteiger charge is 2.67. The molecule has 3 aromatic rings. The molecule has 0 spiro atoms. The van der Waals surface area contributed by atoms with Gasteiger partial charge >= 0.3 is 12.1 Å². The fourth-order valence-corrected chi connectivity index (χ4v) is 5.81. The highest BCUT2D eigenvalue weighted by Crippen LogP contribution is 2.58. The third-order valence-corrected chi connectivity index (χ3v) is 7.51. The Morgan fingerprint density at radius 3 is 2.55 bits per heavy atom. The van der Waals surface area contributed by atoms with Gasteiger partial charge in [0.05, 0.1) is 4.88 Å². The number of nitrogens with two attached hydrogens (primary N) is 1. The van der Waals surface area contributed by atoms with Crippen molar-refractivity contribution < 1.29 is 36.4 Å². The number of rotatable bonds is 8. The standard InChI is InChI=1S/C20H18F3N3O5S2/c21-20(22,23)16-9-14(25-31-16)15-5-6-17(32-15)26(33(29)30)19(18(27)28)10-13(19)12-3-1-11(2-4-12)7-8-24/h1-6,9,13H,7-8,10,24H2,(H,27,28)(H,29,30). The molecule has 2 aromatic heterocycles. The van der Waals surface area contributed by atoms with Crippen LogP contribution in [-0.2, 0) is 28.7 Å². The van der Waals surface area contributed by atoms with Gasteiger partial charge in [0.15, 0.2) is 5.54 Å². The van der Waals surface area contributed by atoms with Crippen molar-refractivity contribution in [1.82, 2.24) is 5.16 Å². The Labute approximate surface area is 192 Å². The molecule has 4 N–H and O–H groups in total. The number of alkyl halides is 3. The summed E-state index contributed by atoms with van der Waals surface area (Å²) in [6.45, 7) is 0.468. The van der Waals surface area contributed by atoms with Crippen LogP contribution in [-0.4, -0.2) is 37.1 Å². The minimum Gasteiger partial charge on any atom is -0.479 e. The lowest BCUT2D eigenvalue weighted by atomic mass is 10.0. The molecule has 1 saturated carbocycles. The van der Waals surface area contributed by atoms with Gasteiger partial charge in [-0.3, -0.25) is 4.55 Å². The van der Waals surface area contributed by atoms with Gasteiger partial charge in [0.1, 0.15) is 10.7 Å². The van der Waals surface area contributed by atoms with E-state index >= 15 is 0 Å². The average molecular weight is 502 g/mol. The number of thiophene rings is 1. The van der Waals surface area contributed by atoms with Crippen molar-refractivity contribution in [3.05, 3.63) is 59.4 Å². The van der Waals surface area contributed by atoms with Crippen LogP contribution < -0.4 is 10.0 Å². The van der Waals surface area contributed by atoms with Gasteiger partial charge in [0, 0.05) is 12.0 Å². The second kappa shape index (κ2) is 8.56. The van der Waals surface area contributed by atoms with Gasteiger partial charge in [-0.05, 0) is 42.6 Å². The van der Waals surface area contributed by atoms with Crippen molar-refractivity contribution in [1.29, 1.82) is 0 Å². The Hall–Kier alpha value is -2.74. The van der Waals surface area contributed by atoms with Crippen molar-refractivity contribution in [2.45, 2.75) is 30.5 Å². The smallest absolute Gasteiger partial charge is 0.452 e. The molecule has 0 radical (unpaired) electrons. The molecule has 176 valence electrons. The SMILES string of the molecule is NCCc1ccc(C2CC2(C(=O)O)N(c2ccc(-c3cc(C(F)(F)F)on3)s2)S(=O)O)cc1. The highest BCUT2D eigenvalue weighted by atomic mass is 32.2. The van der Waals surface area contributed by atoms with Crippen LogP contribution in [0.2, 0.25) is 0 Å². The van der Waals surface area contributed by atoms with Crippen LogP contribution in [0.5, 0.6) is 0 Å². The Bertz CT molecular complexity index is 1190. The van der Waals surface area contributed by atoms with Gasteiger partial charge in [-0.25, -0.2) is 13.3 Å². The number of hydrogen-bond donors (Lipinski definition) is 3. The predicted octanol–water partition coefficient (Wildman–Crippen LogP) is 3.88. The summed E-state index contributed by atoms with van der Waals surface area (Å²) in [6, 6.07) is 10.7. The lowest BCUT2D eigenvalue weighted by molar-refractivity contribution is -0.155. The van der Waals surface area contributed by atoms with Crippen LogP contribution in [0.4, 0.5) is 18.2 Å². The molecule has 1 aliphatic rings. The Balaban J connectivity index is 1.66. The number of halogens is 3. The molecule has 1 fully saturated rings. The first-order valence-electron chi connectivity index (χ1n) is 9.65. The Morgan fingerprint density at radius 1 is 1.30 bits per heavy atom. The quantitative estimate of drug-likeness (QED) is 0.400. The minimum absolute atomic E-state index is 0.0836. The number of benzene rings is 1. The van der Waals surface area contributed by atoms with E-state index in [9.17, 15) is 31.8 Å². The van der Waals surface area contributed by atoms with Crippen LogP contribution >= 0.6 is 11.3 Å². The number of aliphatic carboxylic acids is 1. The summed E-state index contributed by atoms with van der Waals surface area (Å²) in [7, 11) is 0. The molecule has 0 aliphatic heterocycles. The maximum atomic E-state index is 12.8. The van der Waals surface area contributed by atoms with E-state index in [-0.39, 0.29) is 22.0 Å². The zero-order valence-electron chi connectivity index (χ0n) is 16.8. The lowest BCUT2D eigenvalue weighted by Crippen LogP contribution is -2.45. The normalized spacial score (nSPS) is 21.1. The predicted molar refractivity (Wildman–Crippen MR) is 115 cm³/mol. The fourth-order valence-electron chi connectivity index (χ4n) is 3.79. The molecule has 0 bridgehead atoms. The summed E-state index contributed by atoms with van der Waals surface area (Å²) in [5, 5.41) is 13.5. The van der Waals surface area contributed by atoms with Crippen LogP contribution in [0.1, 0.15) is 29.2 Å². The van der Waals surface area contributed by atoms with E-state index in [0.29, 0.717) is 24.6 Å². The number of aromatic nitrogens is 1. The van der Waals surface area contributed by atoms with Gasteiger partial charge in [-0.1, -0.05) is 29.4 Å². The van der Waals surface area contributed by atoms with Crippen LogP contribution in [0, 0.1) is 0 Å². The zero-order chi connectivity index (χ0) is 24.0. The highest BCUT2D eigenvalue weighted by molar-refractivity contribution is 7.81. The van der Waals surface area contributed by atoms with Crippen LogP contribution in [0.25, 0.3) is 10.6 Å². The third kappa shape index (κ3) is 4.28. The molecule has 2 heterocycles. The maximum absolute atomic E-state index is 12.8. The Kier molecular flexibility index (Phi) is 6.07. The summed E-state index contributed by atoms with van der Waals surface area (Å²) in [5.41, 5.74) is 5.42. The van der Waals surface area contributed by atoms with Gasteiger partial charge in [-0.2, -0.15) is 13.2 Å². The maximum Gasteiger partial charge on any atom is 0.452 e.